The van der Waals surface area contributed by atoms with E-state index in [1.54, 1.807) is 7.11 Å². The highest BCUT2D eigenvalue weighted by atomic mass is 16.5. The zero-order valence-electron chi connectivity index (χ0n) is 16.3. The summed E-state index contributed by atoms with van der Waals surface area (Å²) < 4.78 is 9.22. The van der Waals surface area contributed by atoms with Gasteiger partial charge in [0.2, 0.25) is 0 Å². The molecule has 0 fully saturated rings. The van der Waals surface area contributed by atoms with E-state index < -0.39 is 0 Å². The number of ether oxygens (including phenoxy) is 1. The van der Waals surface area contributed by atoms with Crippen molar-refractivity contribution in [3.8, 4) is 5.75 Å². The van der Waals surface area contributed by atoms with Crippen molar-refractivity contribution in [2.24, 2.45) is 7.05 Å². The van der Waals surface area contributed by atoms with Crippen molar-refractivity contribution in [1.82, 2.24) is 24.3 Å². The maximum absolute atomic E-state index is 12.3. The lowest BCUT2D eigenvalue weighted by Crippen LogP contribution is -2.33. The molecule has 1 N–H and O–H groups in total. The van der Waals surface area contributed by atoms with E-state index in [0.29, 0.717) is 12.2 Å². The molecule has 0 aliphatic carbocycles. The number of methoxy groups -OCH3 is 1. The van der Waals surface area contributed by atoms with Crippen molar-refractivity contribution in [3.05, 3.63) is 71.6 Å². The molecule has 4 rings (SSSR count). The molecule has 0 saturated carbocycles. The third-order valence-electron chi connectivity index (χ3n) is 5.10. The number of aromatic nitrogens is 3. The first-order chi connectivity index (χ1) is 13.6. The first kappa shape index (κ1) is 18.3. The van der Waals surface area contributed by atoms with Crippen LogP contribution in [0.4, 0.5) is 0 Å². The van der Waals surface area contributed by atoms with Crippen LogP contribution >= 0.6 is 0 Å². The van der Waals surface area contributed by atoms with Crippen LogP contribution in [0.3, 0.4) is 0 Å². The number of imidazole rings is 1. The van der Waals surface area contributed by atoms with E-state index in [9.17, 15) is 4.79 Å². The van der Waals surface area contributed by atoms with Gasteiger partial charge in [0.15, 0.2) is 0 Å². The van der Waals surface area contributed by atoms with Gasteiger partial charge in [-0.25, -0.2) is 4.98 Å². The average molecular weight is 379 g/mol. The first-order valence-corrected chi connectivity index (χ1v) is 9.42. The second kappa shape index (κ2) is 7.90. The topological polar surface area (TPSA) is 64.3 Å². The quantitative estimate of drug-likeness (QED) is 0.713. The van der Waals surface area contributed by atoms with Crippen molar-refractivity contribution in [1.29, 1.82) is 0 Å². The molecular weight excluding hydrogens is 354 g/mol. The fraction of sp³-hybridized carbons (Fsp3) is 0.333. The molecule has 7 heteroatoms. The van der Waals surface area contributed by atoms with Crippen LogP contribution in [0.15, 0.2) is 48.8 Å². The summed E-state index contributed by atoms with van der Waals surface area (Å²) in [5, 5.41) is 2.95. The van der Waals surface area contributed by atoms with E-state index in [1.165, 1.54) is 5.56 Å². The molecule has 1 amide bonds. The molecule has 0 saturated heterocycles. The van der Waals surface area contributed by atoms with Gasteiger partial charge < -0.3 is 19.2 Å². The van der Waals surface area contributed by atoms with Crippen LogP contribution in [0.1, 0.15) is 27.6 Å². The number of carbonyl (C=O) groups excluding carboxylic acids is 1. The third kappa shape index (κ3) is 3.94. The second-order valence-corrected chi connectivity index (χ2v) is 7.09. The van der Waals surface area contributed by atoms with Crippen molar-refractivity contribution in [2.75, 3.05) is 13.7 Å². The van der Waals surface area contributed by atoms with Gasteiger partial charge in [-0.2, -0.15) is 0 Å². The summed E-state index contributed by atoms with van der Waals surface area (Å²) in [7, 11) is 3.54. The number of aryl methyl sites for hydroxylation is 1. The summed E-state index contributed by atoms with van der Waals surface area (Å²) in [6.45, 7) is 4.01. The molecule has 2 aromatic heterocycles. The zero-order valence-corrected chi connectivity index (χ0v) is 16.3. The number of rotatable bonds is 6. The lowest BCUT2D eigenvalue weighted by Gasteiger charge is -2.27. The van der Waals surface area contributed by atoms with Gasteiger partial charge >= 0.3 is 0 Å². The fourth-order valence-corrected chi connectivity index (χ4v) is 3.53. The molecule has 1 aliphatic heterocycles. The maximum Gasteiger partial charge on any atom is 0.268 e. The molecule has 28 heavy (non-hydrogen) atoms. The Hall–Kier alpha value is -3.06. The first-order valence-electron chi connectivity index (χ1n) is 9.42. The van der Waals surface area contributed by atoms with E-state index in [-0.39, 0.29) is 5.91 Å². The Morgan fingerprint density at radius 1 is 1.21 bits per heavy atom. The van der Waals surface area contributed by atoms with Crippen LogP contribution in [0, 0.1) is 0 Å². The molecule has 0 unspecified atom stereocenters. The van der Waals surface area contributed by atoms with Crippen LogP contribution in [0.25, 0.3) is 0 Å². The molecule has 1 aliphatic rings. The Kier molecular flexibility index (Phi) is 5.16. The molecule has 7 nitrogen and oxygen atoms in total. The van der Waals surface area contributed by atoms with Crippen LogP contribution in [0.2, 0.25) is 0 Å². The Balaban J connectivity index is 1.35. The number of nitrogens with one attached hydrogen (secondary N) is 1. The SMILES string of the molecule is COc1ccc(CN2CCn3cc(CNC(=O)c4cccn4C)nc3C2)cc1. The molecule has 3 heterocycles. The van der Waals surface area contributed by atoms with Gasteiger partial charge in [0.05, 0.1) is 25.9 Å². The lowest BCUT2D eigenvalue weighted by molar-refractivity contribution is 0.0942. The van der Waals surface area contributed by atoms with Crippen molar-refractivity contribution >= 4 is 5.91 Å². The average Bonchev–Trinajstić information content (AvgIpc) is 3.32. The van der Waals surface area contributed by atoms with Crippen LogP contribution < -0.4 is 10.1 Å². The van der Waals surface area contributed by atoms with Gasteiger partial charge in [-0.1, -0.05) is 12.1 Å². The highest BCUT2D eigenvalue weighted by Gasteiger charge is 2.19. The van der Waals surface area contributed by atoms with Crippen molar-refractivity contribution in [3.63, 3.8) is 0 Å². The smallest absolute Gasteiger partial charge is 0.268 e. The summed E-state index contributed by atoms with van der Waals surface area (Å²) in [4.78, 5) is 19.4. The minimum atomic E-state index is -0.0837. The lowest BCUT2D eigenvalue weighted by atomic mass is 10.2. The van der Waals surface area contributed by atoms with Crippen LogP contribution in [-0.2, 0) is 33.2 Å². The Bertz CT molecular complexity index is 958. The molecule has 0 radical (unpaired) electrons. The largest absolute Gasteiger partial charge is 0.497 e. The number of fused-ring (bicyclic) bond motifs is 1. The number of amides is 1. The van der Waals surface area contributed by atoms with Gasteiger partial charge in [-0.05, 0) is 29.8 Å². The number of hydrogen-bond acceptors (Lipinski definition) is 4. The fourth-order valence-electron chi connectivity index (χ4n) is 3.53. The second-order valence-electron chi connectivity index (χ2n) is 7.09. The number of hydrogen-bond donors (Lipinski definition) is 1. The number of nitrogens with zero attached hydrogens (tertiary/aromatic N) is 4. The molecule has 0 spiro atoms. The minimum absolute atomic E-state index is 0.0837. The molecule has 1 aromatic carbocycles. The number of carbonyl (C=O) groups is 1. The number of benzene rings is 1. The van der Waals surface area contributed by atoms with Gasteiger partial charge in [0.1, 0.15) is 17.3 Å². The van der Waals surface area contributed by atoms with E-state index in [0.717, 1.165) is 43.4 Å². The van der Waals surface area contributed by atoms with Crippen LogP contribution in [-0.4, -0.2) is 38.6 Å². The normalized spacial score (nSPS) is 13.9. The molecule has 3 aromatic rings. The maximum atomic E-state index is 12.3. The van der Waals surface area contributed by atoms with E-state index in [4.69, 9.17) is 9.72 Å². The summed E-state index contributed by atoms with van der Waals surface area (Å²) in [5.41, 5.74) is 2.80. The Labute approximate surface area is 164 Å². The summed E-state index contributed by atoms with van der Waals surface area (Å²) >= 11 is 0. The van der Waals surface area contributed by atoms with Gasteiger partial charge in [0.25, 0.3) is 5.91 Å². The molecular formula is C21H25N5O2. The predicted octanol–water partition coefficient (Wildman–Crippen LogP) is 2.18. The highest BCUT2D eigenvalue weighted by Crippen LogP contribution is 2.18. The van der Waals surface area contributed by atoms with Gasteiger partial charge in [-0.15, -0.1) is 0 Å². The van der Waals surface area contributed by atoms with E-state index in [2.05, 4.69) is 26.9 Å². The highest BCUT2D eigenvalue weighted by molar-refractivity contribution is 5.92. The summed E-state index contributed by atoms with van der Waals surface area (Å²) in [6.07, 6.45) is 3.91. The standard InChI is InChI=1S/C21H25N5O2/c1-24-9-3-4-19(24)21(27)22-12-17-14-26-11-10-25(15-20(26)23-17)13-16-5-7-18(28-2)8-6-16/h3-9,14H,10-13,15H2,1-2H3,(H,22,27). The Morgan fingerprint density at radius 3 is 2.75 bits per heavy atom. The third-order valence-corrected chi connectivity index (χ3v) is 5.10. The minimum Gasteiger partial charge on any atom is -0.497 e. The summed E-state index contributed by atoms with van der Waals surface area (Å²) in [6, 6.07) is 11.9. The Morgan fingerprint density at radius 2 is 2.04 bits per heavy atom. The van der Waals surface area contributed by atoms with Crippen LogP contribution in [0.5, 0.6) is 5.75 Å². The summed E-state index contributed by atoms with van der Waals surface area (Å²) in [5.74, 6) is 1.84. The van der Waals surface area contributed by atoms with E-state index in [1.807, 2.05) is 48.3 Å². The van der Waals surface area contributed by atoms with Crippen molar-refractivity contribution < 1.29 is 9.53 Å². The molecule has 0 bridgehead atoms. The monoisotopic (exact) mass is 379 g/mol. The van der Waals surface area contributed by atoms with E-state index >= 15 is 0 Å². The van der Waals surface area contributed by atoms with Gasteiger partial charge in [-0.3, -0.25) is 9.69 Å². The van der Waals surface area contributed by atoms with Crippen molar-refractivity contribution in [2.45, 2.75) is 26.2 Å². The molecule has 0 atom stereocenters. The predicted molar refractivity (Wildman–Crippen MR) is 106 cm³/mol. The zero-order chi connectivity index (χ0) is 19.5. The molecule has 146 valence electrons. The van der Waals surface area contributed by atoms with Gasteiger partial charge in [0, 0.05) is 39.1 Å².